The number of imide groups is 1. The number of amides is 4. The van der Waals surface area contributed by atoms with Crippen molar-refractivity contribution in [2.45, 2.75) is 37.4 Å². The normalized spacial score (nSPS) is 22.0. The van der Waals surface area contributed by atoms with Crippen molar-refractivity contribution in [3.63, 3.8) is 0 Å². The van der Waals surface area contributed by atoms with Crippen LogP contribution in [0.5, 0.6) is 0 Å². The van der Waals surface area contributed by atoms with E-state index in [1.54, 1.807) is 0 Å². The molecule has 2 aliphatic heterocycles. The maximum atomic E-state index is 13.1. The first-order valence-corrected chi connectivity index (χ1v) is 8.84. The minimum absolute atomic E-state index is 0.301. The minimum Gasteiger partial charge on any atom is -0.354 e. The maximum Gasteiger partial charge on any atom is 0.325 e. The van der Waals surface area contributed by atoms with Crippen LogP contribution in [0, 0.1) is 18.2 Å². The lowest BCUT2D eigenvalue weighted by Crippen LogP contribution is -2.43. The van der Waals surface area contributed by atoms with Gasteiger partial charge in [0.15, 0.2) is 5.66 Å². The number of carbonyl (C=O) groups excluding carboxylic acids is 3. The fourth-order valence-electron chi connectivity index (χ4n) is 3.09. The second-order valence-electron chi connectivity index (χ2n) is 6.94. The smallest absolute Gasteiger partial charge is 0.325 e. The van der Waals surface area contributed by atoms with Crippen LogP contribution in [-0.4, -0.2) is 41.5 Å². The van der Waals surface area contributed by atoms with Crippen LogP contribution in [-0.2, 0) is 15.1 Å². The van der Waals surface area contributed by atoms with Gasteiger partial charge in [-0.1, -0.05) is 12.1 Å². The van der Waals surface area contributed by atoms with Gasteiger partial charge in [0.2, 0.25) is 5.91 Å². The van der Waals surface area contributed by atoms with E-state index in [1.807, 2.05) is 0 Å². The van der Waals surface area contributed by atoms with Crippen molar-refractivity contribution in [3.05, 3.63) is 35.6 Å². The Bertz CT molecular complexity index is 871. The Balaban J connectivity index is 1.55. The number of benzene rings is 1. The van der Waals surface area contributed by atoms with E-state index in [-0.39, 0.29) is 0 Å². The van der Waals surface area contributed by atoms with E-state index in [9.17, 15) is 18.8 Å². The topological polar surface area (TPSA) is 103 Å². The highest BCUT2D eigenvalue weighted by Crippen LogP contribution is 2.36. The van der Waals surface area contributed by atoms with Crippen LogP contribution in [0.1, 0.15) is 31.7 Å². The van der Waals surface area contributed by atoms with Gasteiger partial charge in [-0.25, -0.2) is 9.18 Å². The number of nitrogens with zero attached hydrogens (tertiary/aromatic N) is 3. The lowest BCUT2D eigenvalue weighted by atomic mass is 9.92. The fourth-order valence-corrected chi connectivity index (χ4v) is 3.09. The molecule has 0 radical (unpaired) electrons. The molecule has 4 amide bonds. The average molecular weight is 385 g/mol. The quantitative estimate of drug-likeness (QED) is 0.525. The van der Waals surface area contributed by atoms with Gasteiger partial charge in [0, 0.05) is 25.8 Å². The standard InChI is InChI=1S/C19H20FN5O3/c1-3-4-9-19(23-24-19)10-11-21-15(26)12-25-16(27)18(2,22-17(25)28)13-5-7-14(20)8-6-13/h1,5-8H,4,9-12H2,2H3,(H,21,26)(H,22,28). The molecule has 2 aliphatic rings. The van der Waals surface area contributed by atoms with Crippen LogP contribution in [0.25, 0.3) is 0 Å². The summed E-state index contributed by atoms with van der Waals surface area (Å²) in [5, 5.41) is 13.2. The Hall–Kier alpha value is -3.28. The zero-order chi connectivity index (χ0) is 20.4. The summed E-state index contributed by atoms with van der Waals surface area (Å²) < 4.78 is 13.1. The Morgan fingerprint density at radius 1 is 1.29 bits per heavy atom. The molecule has 2 N–H and O–H groups in total. The van der Waals surface area contributed by atoms with E-state index in [1.165, 1.54) is 31.2 Å². The van der Waals surface area contributed by atoms with Crippen LogP contribution < -0.4 is 10.6 Å². The molecule has 2 heterocycles. The van der Waals surface area contributed by atoms with Crippen molar-refractivity contribution >= 4 is 17.8 Å². The Morgan fingerprint density at radius 3 is 2.57 bits per heavy atom. The molecule has 0 aromatic heterocycles. The minimum atomic E-state index is -1.35. The van der Waals surface area contributed by atoms with Crippen molar-refractivity contribution in [2.75, 3.05) is 13.1 Å². The average Bonchev–Trinajstić information content (AvgIpc) is 3.39. The van der Waals surface area contributed by atoms with E-state index in [2.05, 4.69) is 26.8 Å². The zero-order valence-corrected chi connectivity index (χ0v) is 15.4. The second kappa shape index (κ2) is 7.38. The van der Waals surface area contributed by atoms with Gasteiger partial charge >= 0.3 is 6.03 Å². The first kappa shape index (κ1) is 19.5. The van der Waals surface area contributed by atoms with Crippen LogP contribution >= 0.6 is 0 Å². The zero-order valence-electron chi connectivity index (χ0n) is 15.4. The van der Waals surface area contributed by atoms with Gasteiger partial charge in [0.1, 0.15) is 17.9 Å². The monoisotopic (exact) mass is 385 g/mol. The van der Waals surface area contributed by atoms with Crippen molar-refractivity contribution in [1.82, 2.24) is 15.5 Å². The van der Waals surface area contributed by atoms with Crippen molar-refractivity contribution < 1.29 is 18.8 Å². The fraction of sp³-hybridized carbons (Fsp3) is 0.421. The largest absolute Gasteiger partial charge is 0.354 e. The number of hydrogen-bond donors (Lipinski definition) is 2. The number of terminal acetylenes is 1. The molecule has 0 aliphatic carbocycles. The summed E-state index contributed by atoms with van der Waals surface area (Å²) in [6, 6.07) is 4.59. The van der Waals surface area contributed by atoms with Crippen molar-refractivity contribution in [3.8, 4) is 12.3 Å². The summed E-state index contributed by atoms with van der Waals surface area (Å²) >= 11 is 0. The van der Waals surface area contributed by atoms with Crippen LogP contribution in [0.2, 0.25) is 0 Å². The summed E-state index contributed by atoms with van der Waals surface area (Å²) in [4.78, 5) is 38.0. The number of carbonyl (C=O) groups is 3. The molecule has 1 unspecified atom stereocenters. The molecule has 0 spiro atoms. The number of nitrogens with one attached hydrogen (secondary N) is 2. The van der Waals surface area contributed by atoms with Crippen molar-refractivity contribution in [2.24, 2.45) is 10.2 Å². The second-order valence-corrected chi connectivity index (χ2v) is 6.94. The van der Waals surface area contributed by atoms with E-state index < -0.39 is 41.4 Å². The molecular weight excluding hydrogens is 365 g/mol. The number of rotatable bonds is 8. The summed E-state index contributed by atoms with van der Waals surface area (Å²) in [5.41, 5.74) is -1.43. The summed E-state index contributed by atoms with van der Waals surface area (Å²) in [6.45, 7) is 1.41. The third-order valence-corrected chi connectivity index (χ3v) is 4.90. The molecule has 0 bridgehead atoms. The van der Waals surface area contributed by atoms with Gasteiger partial charge in [-0.05, 0) is 24.6 Å². The molecule has 28 heavy (non-hydrogen) atoms. The van der Waals surface area contributed by atoms with E-state index in [0.29, 0.717) is 31.4 Å². The molecule has 0 saturated carbocycles. The Labute approximate surface area is 161 Å². The Kier molecular flexibility index (Phi) is 5.14. The number of hydrogen-bond acceptors (Lipinski definition) is 5. The molecule has 9 heteroatoms. The number of urea groups is 1. The van der Waals surface area contributed by atoms with Crippen LogP contribution in [0.3, 0.4) is 0 Å². The van der Waals surface area contributed by atoms with Gasteiger partial charge in [-0.2, -0.15) is 10.2 Å². The van der Waals surface area contributed by atoms with Crippen molar-refractivity contribution in [1.29, 1.82) is 0 Å². The SMILES string of the molecule is C#CCCC1(CCNC(=O)CN2C(=O)NC(C)(c3ccc(F)cc3)C2=O)N=N1. The molecule has 146 valence electrons. The Morgan fingerprint density at radius 2 is 1.96 bits per heavy atom. The van der Waals surface area contributed by atoms with Gasteiger partial charge in [-0.15, -0.1) is 12.3 Å². The van der Waals surface area contributed by atoms with Gasteiger partial charge in [0.25, 0.3) is 5.91 Å². The summed E-state index contributed by atoms with van der Waals surface area (Å²) in [7, 11) is 0. The summed E-state index contributed by atoms with van der Waals surface area (Å²) in [5.74, 6) is 1.03. The van der Waals surface area contributed by atoms with Gasteiger partial charge in [0.05, 0.1) is 0 Å². The predicted octanol–water partition coefficient (Wildman–Crippen LogP) is 1.67. The highest BCUT2D eigenvalue weighted by molar-refractivity contribution is 6.09. The predicted molar refractivity (Wildman–Crippen MR) is 97.3 cm³/mol. The molecule has 1 atom stereocenters. The molecule has 1 aromatic rings. The van der Waals surface area contributed by atoms with Gasteiger partial charge < -0.3 is 10.6 Å². The van der Waals surface area contributed by atoms with E-state index >= 15 is 0 Å². The van der Waals surface area contributed by atoms with Crippen LogP contribution in [0.4, 0.5) is 9.18 Å². The molecule has 1 aromatic carbocycles. The highest BCUT2D eigenvalue weighted by Gasteiger charge is 2.49. The molecular formula is C19H20FN5O3. The van der Waals surface area contributed by atoms with Gasteiger partial charge in [-0.3, -0.25) is 14.5 Å². The maximum absolute atomic E-state index is 13.1. The summed E-state index contributed by atoms with van der Waals surface area (Å²) in [6.07, 6.45) is 6.91. The third-order valence-electron chi connectivity index (χ3n) is 4.90. The van der Waals surface area contributed by atoms with Crippen LogP contribution in [0.15, 0.2) is 34.5 Å². The third kappa shape index (κ3) is 3.86. The first-order chi connectivity index (χ1) is 13.3. The molecule has 1 saturated heterocycles. The number of halogens is 1. The molecule has 1 fully saturated rings. The molecule has 8 nitrogen and oxygen atoms in total. The highest BCUT2D eigenvalue weighted by atomic mass is 19.1. The van der Waals surface area contributed by atoms with E-state index in [4.69, 9.17) is 6.42 Å². The lowest BCUT2D eigenvalue weighted by molar-refractivity contribution is -0.134. The molecule has 3 rings (SSSR count). The van der Waals surface area contributed by atoms with E-state index in [0.717, 1.165) is 4.90 Å². The first-order valence-electron chi connectivity index (χ1n) is 8.84. The lowest BCUT2D eigenvalue weighted by Gasteiger charge is -2.22.